The van der Waals surface area contributed by atoms with Gasteiger partial charge in [0.1, 0.15) is 0 Å². The zero-order valence-corrected chi connectivity index (χ0v) is 10.9. The fourth-order valence-electron chi connectivity index (χ4n) is 1.36. The van der Waals surface area contributed by atoms with Gasteiger partial charge in [0, 0.05) is 20.2 Å². The van der Waals surface area contributed by atoms with Crippen LogP contribution < -0.4 is 16.0 Å². The lowest BCUT2D eigenvalue weighted by atomic mass is 10.2. The van der Waals surface area contributed by atoms with Crippen LogP contribution in [0.2, 0.25) is 0 Å². The van der Waals surface area contributed by atoms with Crippen molar-refractivity contribution in [2.75, 3.05) is 26.8 Å². The Bertz CT molecular complexity index is 395. The molecule has 3 N–H and O–H groups in total. The number of nitrogens with one attached hydrogen (secondary N) is 3. The van der Waals surface area contributed by atoms with E-state index in [0.29, 0.717) is 19.7 Å². The van der Waals surface area contributed by atoms with Crippen LogP contribution in [0.3, 0.4) is 0 Å². The van der Waals surface area contributed by atoms with Crippen LogP contribution in [0.5, 0.6) is 0 Å². The van der Waals surface area contributed by atoms with Gasteiger partial charge in [-0.25, -0.2) is 4.79 Å². The molecule has 19 heavy (non-hydrogen) atoms. The molecule has 1 aromatic carbocycles. The highest BCUT2D eigenvalue weighted by Crippen LogP contribution is 1.96. The highest BCUT2D eigenvalue weighted by atomic mass is 16.5. The van der Waals surface area contributed by atoms with Gasteiger partial charge < -0.3 is 20.7 Å². The second kappa shape index (κ2) is 8.93. The van der Waals surface area contributed by atoms with E-state index in [4.69, 9.17) is 4.74 Å². The van der Waals surface area contributed by atoms with Crippen LogP contribution in [0, 0.1) is 0 Å². The highest BCUT2D eigenvalue weighted by Gasteiger charge is 2.04. The molecule has 0 atom stereocenters. The molecule has 0 aliphatic carbocycles. The molecule has 104 valence electrons. The number of benzene rings is 1. The van der Waals surface area contributed by atoms with E-state index < -0.39 is 0 Å². The summed E-state index contributed by atoms with van der Waals surface area (Å²) in [6, 6.07) is 9.17. The molecule has 0 saturated carbocycles. The van der Waals surface area contributed by atoms with E-state index >= 15 is 0 Å². The van der Waals surface area contributed by atoms with E-state index in [1.807, 2.05) is 30.3 Å². The molecule has 1 aromatic rings. The number of carbonyl (C=O) groups excluding carboxylic acids is 2. The van der Waals surface area contributed by atoms with Crippen LogP contribution in [-0.2, 0) is 16.1 Å². The molecule has 3 amide bonds. The third kappa shape index (κ3) is 7.05. The van der Waals surface area contributed by atoms with Crippen molar-refractivity contribution in [1.82, 2.24) is 16.0 Å². The molecule has 0 aliphatic heterocycles. The van der Waals surface area contributed by atoms with Crippen molar-refractivity contribution in [2.24, 2.45) is 0 Å². The van der Waals surface area contributed by atoms with Crippen molar-refractivity contribution in [3.63, 3.8) is 0 Å². The zero-order valence-electron chi connectivity index (χ0n) is 10.9. The largest absolute Gasteiger partial charge is 0.383 e. The minimum absolute atomic E-state index is 0.0513. The minimum atomic E-state index is -0.370. The summed E-state index contributed by atoms with van der Waals surface area (Å²) in [4.78, 5) is 22.7. The van der Waals surface area contributed by atoms with Gasteiger partial charge in [0.15, 0.2) is 0 Å². The predicted molar refractivity (Wildman–Crippen MR) is 71.6 cm³/mol. The molecular formula is C13H19N3O3. The summed E-state index contributed by atoms with van der Waals surface area (Å²) >= 11 is 0. The third-order valence-electron chi connectivity index (χ3n) is 2.33. The van der Waals surface area contributed by atoms with Gasteiger partial charge in [-0.15, -0.1) is 0 Å². The average molecular weight is 265 g/mol. The van der Waals surface area contributed by atoms with Gasteiger partial charge in [-0.1, -0.05) is 30.3 Å². The zero-order chi connectivity index (χ0) is 13.9. The quantitative estimate of drug-likeness (QED) is 0.618. The Labute approximate surface area is 112 Å². The second-order valence-electron chi connectivity index (χ2n) is 3.86. The summed E-state index contributed by atoms with van der Waals surface area (Å²) in [5.74, 6) is -0.244. The van der Waals surface area contributed by atoms with Gasteiger partial charge in [-0.2, -0.15) is 0 Å². The molecule has 0 unspecified atom stereocenters. The number of hydrogen-bond acceptors (Lipinski definition) is 3. The summed E-state index contributed by atoms with van der Waals surface area (Å²) in [6.07, 6.45) is 0. The van der Waals surface area contributed by atoms with Gasteiger partial charge in [-0.3, -0.25) is 4.79 Å². The SMILES string of the molecule is COCCNC(=O)CNC(=O)NCc1ccccc1. The molecule has 1 rings (SSSR count). The number of carbonyl (C=O) groups is 2. The van der Waals surface area contributed by atoms with E-state index in [2.05, 4.69) is 16.0 Å². The Balaban J connectivity index is 2.12. The Morgan fingerprint density at radius 3 is 2.53 bits per heavy atom. The number of urea groups is 1. The molecule has 0 saturated heterocycles. The van der Waals surface area contributed by atoms with Crippen molar-refractivity contribution in [2.45, 2.75) is 6.54 Å². The lowest BCUT2D eigenvalue weighted by molar-refractivity contribution is -0.120. The van der Waals surface area contributed by atoms with Crippen molar-refractivity contribution in [1.29, 1.82) is 0 Å². The number of amides is 3. The highest BCUT2D eigenvalue weighted by molar-refractivity contribution is 5.83. The van der Waals surface area contributed by atoms with E-state index in [9.17, 15) is 9.59 Å². The molecule has 0 bridgehead atoms. The van der Waals surface area contributed by atoms with Gasteiger partial charge in [-0.05, 0) is 5.56 Å². The average Bonchev–Trinajstić information content (AvgIpc) is 2.44. The first kappa shape index (κ1) is 15.0. The molecular weight excluding hydrogens is 246 g/mol. The number of ether oxygens (including phenoxy) is 1. The van der Waals surface area contributed by atoms with E-state index in [1.165, 1.54) is 0 Å². The fourth-order valence-corrected chi connectivity index (χ4v) is 1.36. The van der Waals surface area contributed by atoms with Gasteiger partial charge >= 0.3 is 6.03 Å². The van der Waals surface area contributed by atoms with Crippen molar-refractivity contribution >= 4 is 11.9 Å². The molecule has 0 heterocycles. The van der Waals surface area contributed by atoms with Crippen LogP contribution in [0.15, 0.2) is 30.3 Å². The third-order valence-corrected chi connectivity index (χ3v) is 2.33. The first-order chi connectivity index (χ1) is 9.22. The maximum absolute atomic E-state index is 11.4. The second-order valence-corrected chi connectivity index (χ2v) is 3.86. The molecule has 0 aliphatic rings. The Kier molecular flexibility index (Phi) is 7.04. The van der Waals surface area contributed by atoms with Crippen LogP contribution >= 0.6 is 0 Å². The standard InChI is InChI=1S/C13H19N3O3/c1-19-8-7-14-12(17)10-16-13(18)15-9-11-5-3-2-4-6-11/h2-6H,7-10H2,1H3,(H,14,17)(H2,15,16,18). The molecule has 0 spiro atoms. The molecule has 0 radical (unpaired) electrons. The van der Waals surface area contributed by atoms with E-state index in [0.717, 1.165) is 5.56 Å². The lowest BCUT2D eigenvalue weighted by Gasteiger charge is -2.08. The Morgan fingerprint density at radius 2 is 1.84 bits per heavy atom. The molecule has 0 aromatic heterocycles. The topological polar surface area (TPSA) is 79.5 Å². The first-order valence-electron chi connectivity index (χ1n) is 6.03. The number of rotatable bonds is 7. The Morgan fingerprint density at radius 1 is 1.11 bits per heavy atom. The maximum Gasteiger partial charge on any atom is 0.315 e. The van der Waals surface area contributed by atoms with Crippen molar-refractivity contribution in [3.05, 3.63) is 35.9 Å². The first-order valence-corrected chi connectivity index (χ1v) is 6.03. The summed E-state index contributed by atoms with van der Waals surface area (Å²) in [6.45, 7) is 1.26. The van der Waals surface area contributed by atoms with Crippen LogP contribution in [0.1, 0.15) is 5.56 Å². The monoisotopic (exact) mass is 265 g/mol. The smallest absolute Gasteiger partial charge is 0.315 e. The number of methoxy groups -OCH3 is 1. The Hall–Kier alpha value is -2.08. The van der Waals surface area contributed by atoms with Gasteiger partial charge in [0.25, 0.3) is 0 Å². The van der Waals surface area contributed by atoms with Gasteiger partial charge in [0.05, 0.1) is 13.2 Å². The summed E-state index contributed by atoms with van der Waals surface area (Å²) in [5, 5.41) is 7.75. The normalized spacial score (nSPS) is 9.74. The van der Waals surface area contributed by atoms with Crippen molar-refractivity contribution < 1.29 is 14.3 Å². The van der Waals surface area contributed by atoms with E-state index in [-0.39, 0.29) is 18.5 Å². The minimum Gasteiger partial charge on any atom is -0.383 e. The van der Waals surface area contributed by atoms with Crippen LogP contribution in [-0.4, -0.2) is 38.7 Å². The number of hydrogen-bond donors (Lipinski definition) is 3. The van der Waals surface area contributed by atoms with Gasteiger partial charge in [0.2, 0.25) is 5.91 Å². The van der Waals surface area contributed by atoms with Crippen molar-refractivity contribution in [3.8, 4) is 0 Å². The molecule has 6 heteroatoms. The summed E-state index contributed by atoms with van der Waals surface area (Å²) < 4.78 is 4.79. The molecule has 0 fully saturated rings. The van der Waals surface area contributed by atoms with E-state index in [1.54, 1.807) is 7.11 Å². The lowest BCUT2D eigenvalue weighted by Crippen LogP contribution is -2.42. The summed E-state index contributed by atoms with van der Waals surface area (Å²) in [7, 11) is 1.56. The van der Waals surface area contributed by atoms with Crippen LogP contribution in [0.25, 0.3) is 0 Å². The fraction of sp³-hybridized carbons (Fsp3) is 0.385. The van der Waals surface area contributed by atoms with Crippen LogP contribution in [0.4, 0.5) is 4.79 Å². The maximum atomic E-state index is 11.4. The summed E-state index contributed by atoms with van der Waals surface area (Å²) in [5.41, 5.74) is 1.00. The predicted octanol–water partition coefficient (Wildman–Crippen LogP) is 0.248. The molecule has 6 nitrogen and oxygen atoms in total.